The standard InChI is InChI=1S/C9H9BrO.C2H6/c1-7-2-4-8(5-3-7)9(11)6-10;1-2/h2-5H,6H2,1H3;1-2H3. The van der Waals surface area contributed by atoms with Gasteiger partial charge in [0, 0.05) is 5.56 Å². The van der Waals surface area contributed by atoms with Crippen molar-refractivity contribution in [2.24, 2.45) is 0 Å². The summed E-state index contributed by atoms with van der Waals surface area (Å²) in [6.07, 6.45) is 0. The number of aryl methyl sites for hydroxylation is 1. The Balaban J connectivity index is 0.000000671. The zero-order valence-electron chi connectivity index (χ0n) is 8.30. The van der Waals surface area contributed by atoms with Crippen LogP contribution in [0.1, 0.15) is 29.8 Å². The highest BCUT2D eigenvalue weighted by Gasteiger charge is 2.00. The van der Waals surface area contributed by atoms with E-state index < -0.39 is 0 Å². The fraction of sp³-hybridized carbons (Fsp3) is 0.364. The van der Waals surface area contributed by atoms with E-state index in [1.807, 2.05) is 45.0 Å². The van der Waals surface area contributed by atoms with E-state index in [2.05, 4.69) is 15.9 Å². The molecule has 0 fully saturated rings. The summed E-state index contributed by atoms with van der Waals surface area (Å²) in [6, 6.07) is 7.57. The van der Waals surface area contributed by atoms with E-state index in [1.165, 1.54) is 5.56 Å². The molecule has 1 aromatic rings. The molecule has 0 unspecified atom stereocenters. The van der Waals surface area contributed by atoms with Gasteiger partial charge in [-0.1, -0.05) is 59.6 Å². The highest BCUT2D eigenvalue weighted by molar-refractivity contribution is 9.09. The number of hydrogen-bond acceptors (Lipinski definition) is 1. The largest absolute Gasteiger partial charge is 0.293 e. The van der Waals surface area contributed by atoms with Gasteiger partial charge in [-0.15, -0.1) is 0 Å². The van der Waals surface area contributed by atoms with Crippen molar-refractivity contribution in [1.82, 2.24) is 0 Å². The summed E-state index contributed by atoms with van der Waals surface area (Å²) in [5, 5.41) is 0.399. The monoisotopic (exact) mass is 242 g/mol. The number of Topliss-reactive ketones (excluding diaryl/α,β-unsaturated/α-hetero) is 1. The predicted octanol–water partition coefficient (Wildman–Crippen LogP) is 3.60. The topological polar surface area (TPSA) is 17.1 Å². The summed E-state index contributed by atoms with van der Waals surface area (Å²) in [4.78, 5) is 11.1. The van der Waals surface area contributed by atoms with Crippen LogP contribution in [0, 0.1) is 6.92 Å². The summed E-state index contributed by atoms with van der Waals surface area (Å²) in [5.74, 6) is 0.130. The van der Waals surface area contributed by atoms with E-state index in [0.29, 0.717) is 5.33 Å². The van der Waals surface area contributed by atoms with E-state index in [1.54, 1.807) is 0 Å². The van der Waals surface area contributed by atoms with Crippen molar-refractivity contribution < 1.29 is 4.79 Å². The number of halogens is 1. The van der Waals surface area contributed by atoms with Crippen LogP contribution in [0.4, 0.5) is 0 Å². The van der Waals surface area contributed by atoms with Gasteiger partial charge in [0.05, 0.1) is 5.33 Å². The van der Waals surface area contributed by atoms with Crippen LogP contribution in [0.3, 0.4) is 0 Å². The lowest BCUT2D eigenvalue weighted by Crippen LogP contribution is -1.98. The molecule has 72 valence electrons. The maximum atomic E-state index is 11.1. The van der Waals surface area contributed by atoms with Gasteiger partial charge in [-0.3, -0.25) is 4.79 Å². The van der Waals surface area contributed by atoms with Gasteiger partial charge in [-0.2, -0.15) is 0 Å². The number of carbonyl (C=O) groups is 1. The number of ketones is 1. The van der Waals surface area contributed by atoms with Crippen molar-refractivity contribution in [3.63, 3.8) is 0 Å². The third-order valence-electron chi connectivity index (χ3n) is 1.49. The van der Waals surface area contributed by atoms with Gasteiger partial charge < -0.3 is 0 Å². The van der Waals surface area contributed by atoms with Gasteiger partial charge in [-0.05, 0) is 6.92 Å². The minimum atomic E-state index is 0.130. The molecule has 1 rings (SSSR count). The lowest BCUT2D eigenvalue weighted by molar-refractivity contribution is 0.102. The van der Waals surface area contributed by atoms with Gasteiger partial charge >= 0.3 is 0 Å². The van der Waals surface area contributed by atoms with Crippen LogP contribution >= 0.6 is 15.9 Å². The van der Waals surface area contributed by atoms with Gasteiger partial charge in [0.2, 0.25) is 0 Å². The Kier molecular flexibility index (Phi) is 6.51. The second-order valence-corrected chi connectivity index (χ2v) is 2.98. The van der Waals surface area contributed by atoms with Crippen molar-refractivity contribution in [2.45, 2.75) is 20.8 Å². The number of benzene rings is 1. The van der Waals surface area contributed by atoms with Crippen LogP contribution in [0.15, 0.2) is 24.3 Å². The third kappa shape index (κ3) is 4.23. The van der Waals surface area contributed by atoms with Crippen LogP contribution in [0.2, 0.25) is 0 Å². The Morgan fingerprint density at radius 3 is 2.08 bits per heavy atom. The molecule has 1 nitrogen and oxygen atoms in total. The summed E-state index contributed by atoms with van der Waals surface area (Å²) >= 11 is 3.12. The molecule has 13 heavy (non-hydrogen) atoms. The summed E-state index contributed by atoms with van der Waals surface area (Å²) in [6.45, 7) is 6.00. The highest BCUT2D eigenvalue weighted by atomic mass is 79.9. The van der Waals surface area contributed by atoms with Gasteiger partial charge in [0.1, 0.15) is 0 Å². The molecule has 0 saturated carbocycles. The van der Waals surface area contributed by atoms with E-state index in [9.17, 15) is 4.79 Å². The minimum Gasteiger partial charge on any atom is -0.293 e. The Hall–Kier alpha value is -0.630. The van der Waals surface area contributed by atoms with Crippen LogP contribution in [-0.2, 0) is 0 Å². The van der Waals surface area contributed by atoms with E-state index >= 15 is 0 Å². The first-order valence-corrected chi connectivity index (χ1v) is 5.52. The van der Waals surface area contributed by atoms with Gasteiger partial charge in [-0.25, -0.2) is 0 Å². The molecule has 0 aliphatic rings. The first-order chi connectivity index (χ1) is 6.24. The van der Waals surface area contributed by atoms with Crippen molar-refractivity contribution in [3.05, 3.63) is 35.4 Å². The van der Waals surface area contributed by atoms with Crippen LogP contribution in [-0.4, -0.2) is 11.1 Å². The van der Waals surface area contributed by atoms with Crippen LogP contribution in [0.5, 0.6) is 0 Å². The zero-order chi connectivity index (χ0) is 10.3. The average Bonchev–Trinajstić information content (AvgIpc) is 2.21. The highest BCUT2D eigenvalue weighted by Crippen LogP contribution is 2.04. The normalized spacial score (nSPS) is 8.62. The number of rotatable bonds is 2. The molecule has 0 saturated heterocycles. The van der Waals surface area contributed by atoms with Gasteiger partial charge in [0.25, 0.3) is 0 Å². The van der Waals surface area contributed by atoms with Crippen LogP contribution < -0.4 is 0 Å². The molecule has 0 amide bonds. The van der Waals surface area contributed by atoms with Crippen molar-refractivity contribution in [2.75, 3.05) is 5.33 Å². The molecule has 0 aliphatic carbocycles. The second-order valence-electron chi connectivity index (χ2n) is 2.42. The Morgan fingerprint density at radius 1 is 1.23 bits per heavy atom. The first kappa shape index (κ1) is 12.4. The molecular formula is C11H15BrO. The smallest absolute Gasteiger partial charge is 0.173 e. The lowest BCUT2D eigenvalue weighted by atomic mass is 10.1. The molecule has 0 heterocycles. The SMILES string of the molecule is CC.Cc1ccc(C(=O)CBr)cc1. The summed E-state index contributed by atoms with van der Waals surface area (Å²) in [5.41, 5.74) is 1.95. The Morgan fingerprint density at radius 2 is 1.69 bits per heavy atom. The Bertz CT molecular complexity index is 251. The molecule has 0 aromatic heterocycles. The summed E-state index contributed by atoms with van der Waals surface area (Å²) < 4.78 is 0. The molecule has 0 radical (unpaired) electrons. The van der Waals surface area contributed by atoms with Crippen LogP contribution in [0.25, 0.3) is 0 Å². The molecule has 0 N–H and O–H groups in total. The lowest BCUT2D eigenvalue weighted by Gasteiger charge is -1.96. The fourth-order valence-corrected chi connectivity index (χ4v) is 1.14. The minimum absolute atomic E-state index is 0.130. The molecule has 0 atom stereocenters. The average molecular weight is 243 g/mol. The molecule has 0 spiro atoms. The number of alkyl halides is 1. The van der Waals surface area contributed by atoms with Crippen molar-refractivity contribution in [1.29, 1.82) is 0 Å². The first-order valence-electron chi connectivity index (χ1n) is 4.40. The summed E-state index contributed by atoms with van der Waals surface area (Å²) in [7, 11) is 0. The van der Waals surface area contributed by atoms with Crippen molar-refractivity contribution in [3.8, 4) is 0 Å². The predicted molar refractivity (Wildman–Crippen MR) is 60.7 cm³/mol. The number of carbonyl (C=O) groups excluding carboxylic acids is 1. The van der Waals surface area contributed by atoms with E-state index in [-0.39, 0.29) is 5.78 Å². The molecule has 1 aromatic carbocycles. The maximum Gasteiger partial charge on any atom is 0.173 e. The molecule has 0 aliphatic heterocycles. The van der Waals surface area contributed by atoms with E-state index in [4.69, 9.17) is 0 Å². The second kappa shape index (κ2) is 6.84. The van der Waals surface area contributed by atoms with Gasteiger partial charge in [0.15, 0.2) is 5.78 Å². The molecule has 0 bridgehead atoms. The van der Waals surface area contributed by atoms with Crippen molar-refractivity contribution >= 4 is 21.7 Å². The zero-order valence-corrected chi connectivity index (χ0v) is 9.89. The fourth-order valence-electron chi connectivity index (χ4n) is 0.817. The Labute approximate surface area is 88.3 Å². The quantitative estimate of drug-likeness (QED) is 0.573. The maximum absolute atomic E-state index is 11.1. The molecular weight excluding hydrogens is 228 g/mol. The number of hydrogen-bond donors (Lipinski definition) is 0. The molecule has 2 heteroatoms. The van der Waals surface area contributed by atoms with E-state index in [0.717, 1.165) is 5.56 Å². The third-order valence-corrected chi connectivity index (χ3v) is 2.00.